The molecule has 8 nitrogen and oxygen atoms in total. The second kappa shape index (κ2) is 9.55. The zero-order chi connectivity index (χ0) is 24.9. The highest BCUT2D eigenvalue weighted by Crippen LogP contribution is 2.34. The van der Waals surface area contributed by atoms with E-state index in [0.29, 0.717) is 17.8 Å². The van der Waals surface area contributed by atoms with Crippen molar-refractivity contribution >= 4 is 33.4 Å². The lowest BCUT2D eigenvalue weighted by Gasteiger charge is -2.30. The standard InChI is InChI=1S/C29H38N6O2/c36-23-8-5-21(6-9-23)35-27-26(16-31-29(32-27)30-15-19-3-4-19)24-10-7-22(14-25(24)28(35)37)34-13-12-33-11-1-2-20(17-33)18-34/h7,10,14,16,19-21,23,36H,1-6,8-9,11-13,15,17-18H2,(H,30,31,32). The van der Waals surface area contributed by atoms with Gasteiger partial charge in [-0.1, -0.05) is 6.07 Å². The van der Waals surface area contributed by atoms with Crippen LogP contribution in [0, 0.1) is 11.8 Å². The van der Waals surface area contributed by atoms with Crippen LogP contribution in [0.2, 0.25) is 0 Å². The highest BCUT2D eigenvalue weighted by atomic mass is 16.3. The van der Waals surface area contributed by atoms with Gasteiger partial charge in [-0.3, -0.25) is 9.36 Å². The Labute approximate surface area is 217 Å². The molecule has 1 aromatic carbocycles. The minimum atomic E-state index is -0.270. The molecule has 37 heavy (non-hydrogen) atoms. The summed E-state index contributed by atoms with van der Waals surface area (Å²) >= 11 is 0. The smallest absolute Gasteiger partial charge is 0.260 e. The van der Waals surface area contributed by atoms with Crippen molar-refractivity contribution in [3.8, 4) is 0 Å². The molecule has 4 fully saturated rings. The third-order valence-corrected chi connectivity index (χ3v) is 9.15. The second-order valence-corrected chi connectivity index (χ2v) is 11.9. The lowest BCUT2D eigenvalue weighted by atomic mass is 9.92. The fourth-order valence-electron chi connectivity index (χ4n) is 6.81. The van der Waals surface area contributed by atoms with Crippen molar-refractivity contribution in [2.45, 2.75) is 63.5 Å². The molecule has 3 aromatic rings. The highest BCUT2D eigenvalue weighted by molar-refractivity contribution is 6.05. The summed E-state index contributed by atoms with van der Waals surface area (Å²) in [6, 6.07) is 6.46. The number of hydrogen-bond acceptors (Lipinski definition) is 7. The lowest BCUT2D eigenvalue weighted by Crippen LogP contribution is -2.35. The minimum Gasteiger partial charge on any atom is -0.393 e. The van der Waals surface area contributed by atoms with Gasteiger partial charge in [0.2, 0.25) is 5.95 Å². The summed E-state index contributed by atoms with van der Waals surface area (Å²) in [6.45, 7) is 6.45. The van der Waals surface area contributed by atoms with Crippen molar-refractivity contribution in [1.82, 2.24) is 19.4 Å². The Balaban J connectivity index is 1.32. The van der Waals surface area contributed by atoms with Gasteiger partial charge in [0.05, 0.1) is 11.5 Å². The van der Waals surface area contributed by atoms with E-state index in [9.17, 15) is 9.90 Å². The molecule has 4 heterocycles. The van der Waals surface area contributed by atoms with Gasteiger partial charge in [0.1, 0.15) is 5.65 Å². The van der Waals surface area contributed by atoms with Crippen LogP contribution in [-0.4, -0.2) is 69.9 Å². The maximum Gasteiger partial charge on any atom is 0.260 e. The summed E-state index contributed by atoms with van der Waals surface area (Å²) in [4.78, 5) is 28.8. The molecule has 0 amide bonds. The number of nitrogens with zero attached hydrogens (tertiary/aromatic N) is 5. The number of aliphatic hydroxyl groups excluding tert-OH is 1. The molecular formula is C29H38N6O2. The van der Waals surface area contributed by atoms with Crippen molar-refractivity contribution in [2.75, 3.05) is 49.5 Å². The third kappa shape index (κ3) is 4.59. The second-order valence-electron chi connectivity index (χ2n) is 11.9. The first-order valence-corrected chi connectivity index (χ1v) is 14.4. The van der Waals surface area contributed by atoms with Gasteiger partial charge in [0.25, 0.3) is 5.56 Å². The van der Waals surface area contributed by atoms with Crippen molar-refractivity contribution in [3.63, 3.8) is 0 Å². The van der Waals surface area contributed by atoms with E-state index in [1.54, 1.807) is 0 Å². The summed E-state index contributed by atoms with van der Waals surface area (Å²) in [5.74, 6) is 2.01. The van der Waals surface area contributed by atoms with Crippen LogP contribution in [0.15, 0.2) is 29.2 Å². The fourth-order valence-corrected chi connectivity index (χ4v) is 6.81. The number of nitrogens with one attached hydrogen (secondary N) is 1. The molecule has 4 aliphatic rings. The van der Waals surface area contributed by atoms with Gasteiger partial charge in [0, 0.05) is 56.0 Å². The van der Waals surface area contributed by atoms with E-state index >= 15 is 0 Å². The molecule has 0 spiro atoms. The number of fused-ring (bicyclic) bond motifs is 5. The molecule has 2 aromatic heterocycles. The van der Waals surface area contributed by atoms with Gasteiger partial charge in [-0.2, -0.15) is 4.98 Å². The third-order valence-electron chi connectivity index (χ3n) is 9.15. The van der Waals surface area contributed by atoms with E-state index in [-0.39, 0.29) is 17.7 Å². The normalized spacial score (nSPS) is 28.4. The van der Waals surface area contributed by atoms with Crippen molar-refractivity contribution in [2.24, 2.45) is 11.8 Å². The Morgan fingerprint density at radius 1 is 0.946 bits per heavy atom. The molecule has 2 aliphatic carbocycles. The average molecular weight is 503 g/mol. The molecule has 8 heteroatoms. The largest absolute Gasteiger partial charge is 0.393 e. The van der Waals surface area contributed by atoms with Crippen LogP contribution in [-0.2, 0) is 0 Å². The van der Waals surface area contributed by atoms with E-state index in [2.05, 4.69) is 38.3 Å². The molecule has 2 bridgehead atoms. The molecular weight excluding hydrogens is 464 g/mol. The molecule has 2 unspecified atom stereocenters. The number of aliphatic hydroxyl groups is 1. The number of piperidine rings is 1. The number of benzene rings is 1. The van der Waals surface area contributed by atoms with Crippen LogP contribution in [0.1, 0.15) is 57.4 Å². The predicted molar refractivity (Wildman–Crippen MR) is 147 cm³/mol. The van der Waals surface area contributed by atoms with E-state index in [1.807, 2.05) is 10.8 Å². The first-order valence-electron chi connectivity index (χ1n) is 14.4. The molecule has 2 saturated carbocycles. The van der Waals surface area contributed by atoms with Crippen LogP contribution in [0.3, 0.4) is 0 Å². The van der Waals surface area contributed by atoms with Crippen LogP contribution in [0.5, 0.6) is 0 Å². The number of rotatable bonds is 5. The van der Waals surface area contributed by atoms with E-state index in [4.69, 9.17) is 4.98 Å². The Morgan fingerprint density at radius 2 is 1.81 bits per heavy atom. The molecule has 196 valence electrons. The quantitative estimate of drug-likeness (QED) is 0.514. The number of aromatic nitrogens is 3. The minimum absolute atomic E-state index is 0.0369. The Morgan fingerprint density at radius 3 is 2.65 bits per heavy atom. The van der Waals surface area contributed by atoms with Crippen LogP contribution in [0.4, 0.5) is 11.6 Å². The van der Waals surface area contributed by atoms with E-state index < -0.39 is 0 Å². The monoisotopic (exact) mass is 502 g/mol. The summed E-state index contributed by atoms with van der Waals surface area (Å²) in [7, 11) is 0. The number of anilines is 2. The molecule has 0 radical (unpaired) electrons. The lowest BCUT2D eigenvalue weighted by molar-refractivity contribution is 0.111. The van der Waals surface area contributed by atoms with Crippen molar-refractivity contribution in [1.29, 1.82) is 0 Å². The maximum absolute atomic E-state index is 14.2. The van der Waals surface area contributed by atoms with Gasteiger partial charge in [-0.25, -0.2) is 4.98 Å². The Bertz CT molecular complexity index is 1360. The topological polar surface area (TPSA) is 86.5 Å². The zero-order valence-corrected chi connectivity index (χ0v) is 21.6. The van der Waals surface area contributed by atoms with Crippen LogP contribution in [0.25, 0.3) is 21.8 Å². The molecule has 2 atom stereocenters. The molecule has 2 saturated heterocycles. The van der Waals surface area contributed by atoms with Gasteiger partial charge < -0.3 is 20.2 Å². The maximum atomic E-state index is 14.2. The summed E-state index contributed by atoms with van der Waals surface area (Å²) in [5, 5.41) is 16.1. The predicted octanol–water partition coefficient (Wildman–Crippen LogP) is 3.77. The fraction of sp³-hybridized carbons (Fsp3) is 0.621. The van der Waals surface area contributed by atoms with Gasteiger partial charge in [-0.05, 0) is 87.3 Å². The number of pyridine rings is 1. The van der Waals surface area contributed by atoms with Gasteiger partial charge in [-0.15, -0.1) is 0 Å². The number of hydrogen-bond donors (Lipinski definition) is 2. The Hall–Kier alpha value is -2.71. The highest BCUT2D eigenvalue weighted by Gasteiger charge is 2.28. The van der Waals surface area contributed by atoms with Gasteiger partial charge in [0.15, 0.2) is 0 Å². The first-order chi connectivity index (χ1) is 18.1. The SMILES string of the molecule is O=c1c2cc(N3CCN4CCCC(C4)C3)ccc2c2cnc(NCC3CC3)nc2n1C1CCC(O)CC1. The molecule has 7 rings (SSSR count). The zero-order valence-electron chi connectivity index (χ0n) is 21.6. The average Bonchev–Trinajstić information content (AvgIpc) is 3.76. The Kier molecular flexibility index (Phi) is 6.04. The first kappa shape index (κ1) is 23.4. The summed E-state index contributed by atoms with van der Waals surface area (Å²) in [5.41, 5.74) is 1.90. The molecule has 2 N–H and O–H groups in total. The van der Waals surface area contributed by atoms with Gasteiger partial charge >= 0.3 is 0 Å². The molecule has 2 aliphatic heterocycles. The van der Waals surface area contributed by atoms with E-state index in [1.165, 1.54) is 38.8 Å². The van der Waals surface area contributed by atoms with Crippen molar-refractivity contribution in [3.05, 3.63) is 34.7 Å². The summed E-state index contributed by atoms with van der Waals surface area (Å²) in [6.07, 6.45) is 9.77. The van der Waals surface area contributed by atoms with Crippen LogP contribution >= 0.6 is 0 Å². The van der Waals surface area contributed by atoms with E-state index in [0.717, 1.165) is 79.4 Å². The van der Waals surface area contributed by atoms with Crippen molar-refractivity contribution < 1.29 is 5.11 Å². The summed E-state index contributed by atoms with van der Waals surface area (Å²) < 4.78 is 1.93. The van der Waals surface area contributed by atoms with Crippen LogP contribution < -0.4 is 15.8 Å².